The molecule has 0 unspecified atom stereocenters. The first-order valence-corrected chi connectivity index (χ1v) is 4.82. The molecule has 4 heteroatoms. The summed E-state index contributed by atoms with van der Waals surface area (Å²) < 4.78 is 20.8. The van der Waals surface area contributed by atoms with Gasteiger partial charge in [0.2, 0.25) is 0 Å². The summed E-state index contributed by atoms with van der Waals surface area (Å²) in [7, 11) is -0.331. The van der Waals surface area contributed by atoms with E-state index in [4.69, 9.17) is 0 Å². The molecule has 11 heavy (non-hydrogen) atoms. The largest absolute Gasteiger partial charge is 0.330 e. The molecule has 0 atom stereocenters. The van der Waals surface area contributed by atoms with Gasteiger partial charge in [0.05, 0.1) is 6.16 Å². The average molecular weight is 177 g/mol. The topological polar surface area (TPSA) is 35.5 Å². The van der Waals surface area contributed by atoms with Crippen LogP contribution in [0.3, 0.4) is 0 Å². The fraction of sp³-hybridized carbons (Fsp3) is 0.571. The first-order valence-electron chi connectivity index (χ1n) is 3.09. The van der Waals surface area contributed by atoms with E-state index in [2.05, 4.69) is 29.8 Å². The van der Waals surface area contributed by atoms with Gasteiger partial charge >= 0.3 is 7.60 Å². The monoisotopic (exact) mass is 177 g/mol. The standard InChI is InChI=1S/C7H14O3P/c1-7(2,3)6-11(8,9-4)10-5/h1-3,6H2,4-5H3. The highest BCUT2D eigenvalue weighted by Gasteiger charge is 2.28. The van der Waals surface area contributed by atoms with Crippen molar-refractivity contribution in [3.8, 4) is 0 Å². The number of hydrogen-bond acceptors (Lipinski definition) is 3. The molecule has 0 rings (SSSR count). The summed E-state index contributed by atoms with van der Waals surface area (Å²) in [4.78, 5) is 0. The van der Waals surface area contributed by atoms with E-state index < -0.39 is 13.0 Å². The molecule has 0 aliphatic rings. The molecule has 0 N–H and O–H groups in total. The third-order valence-electron chi connectivity index (χ3n) is 1.09. The minimum absolute atomic E-state index is 0.118. The van der Waals surface area contributed by atoms with E-state index in [0.717, 1.165) is 0 Å². The molecule has 0 saturated heterocycles. The second kappa shape index (κ2) is 3.70. The van der Waals surface area contributed by atoms with Gasteiger partial charge < -0.3 is 9.05 Å². The van der Waals surface area contributed by atoms with Crippen LogP contribution in [-0.4, -0.2) is 20.4 Å². The van der Waals surface area contributed by atoms with E-state index in [1.54, 1.807) is 0 Å². The normalized spacial score (nSPS) is 13.5. The summed E-state index contributed by atoms with van der Waals surface area (Å²) in [5.74, 6) is 0. The summed E-state index contributed by atoms with van der Waals surface area (Å²) >= 11 is 0. The van der Waals surface area contributed by atoms with Crippen molar-refractivity contribution in [1.82, 2.24) is 0 Å². The lowest BCUT2D eigenvalue weighted by Gasteiger charge is -2.22. The van der Waals surface area contributed by atoms with Gasteiger partial charge in [0.1, 0.15) is 0 Å². The van der Waals surface area contributed by atoms with Gasteiger partial charge in [0.25, 0.3) is 0 Å². The molecule has 0 aliphatic carbocycles. The molecule has 0 aromatic carbocycles. The molecule has 65 valence electrons. The van der Waals surface area contributed by atoms with Crippen LogP contribution in [0.4, 0.5) is 0 Å². The third kappa shape index (κ3) is 4.57. The Morgan fingerprint density at radius 3 is 1.73 bits per heavy atom. The highest BCUT2D eigenvalue weighted by molar-refractivity contribution is 7.53. The van der Waals surface area contributed by atoms with Crippen molar-refractivity contribution in [3.63, 3.8) is 0 Å². The average Bonchev–Trinajstić information content (AvgIpc) is 1.84. The van der Waals surface area contributed by atoms with Crippen molar-refractivity contribution in [3.05, 3.63) is 20.8 Å². The predicted molar refractivity (Wildman–Crippen MR) is 45.0 cm³/mol. The molecule has 0 fully saturated rings. The van der Waals surface area contributed by atoms with Gasteiger partial charge in [-0.15, -0.1) is 0 Å². The van der Waals surface area contributed by atoms with Gasteiger partial charge in [-0.3, -0.25) is 4.57 Å². The van der Waals surface area contributed by atoms with E-state index in [0.29, 0.717) is 0 Å². The van der Waals surface area contributed by atoms with Gasteiger partial charge in [-0.25, -0.2) is 0 Å². The molecule has 0 bridgehead atoms. The molecular weight excluding hydrogens is 163 g/mol. The molecule has 0 aliphatic heterocycles. The summed E-state index contributed by atoms with van der Waals surface area (Å²) in [6.07, 6.45) is 0.118. The van der Waals surface area contributed by atoms with Crippen LogP contribution < -0.4 is 0 Å². The lowest BCUT2D eigenvalue weighted by Crippen LogP contribution is -2.14. The van der Waals surface area contributed by atoms with E-state index in [1.165, 1.54) is 14.2 Å². The minimum atomic E-state index is -2.99. The zero-order chi connectivity index (χ0) is 9.12. The maximum atomic E-state index is 11.4. The summed E-state index contributed by atoms with van der Waals surface area (Å²) in [6.45, 7) is 10.8. The minimum Gasteiger partial charge on any atom is -0.312 e. The highest BCUT2D eigenvalue weighted by atomic mass is 31.2. The van der Waals surface area contributed by atoms with Crippen molar-refractivity contribution in [2.75, 3.05) is 20.4 Å². The lowest BCUT2D eigenvalue weighted by molar-refractivity contribution is 0.270. The van der Waals surface area contributed by atoms with Crippen LogP contribution in [0, 0.1) is 26.2 Å². The first-order chi connectivity index (χ1) is 4.83. The van der Waals surface area contributed by atoms with Crippen molar-refractivity contribution in [2.45, 2.75) is 0 Å². The Balaban J connectivity index is 4.21. The van der Waals surface area contributed by atoms with Crippen LogP contribution in [-0.2, 0) is 13.6 Å². The summed E-state index contributed by atoms with van der Waals surface area (Å²) in [5, 5.41) is 0. The van der Waals surface area contributed by atoms with Crippen LogP contribution in [0.1, 0.15) is 0 Å². The van der Waals surface area contributed by atoms with Gasteiger partial charge in [-0.1, -0.05) is 0 Å². The van der Waals surface area contributed by atoms with Crippen LogP contribution >= 0.6 is 7.60 Å². The second-order valence-electron chi connectivity index (χ2n) is 2.63. The summed E-state index contributed by atoms with van der Waals surface area (Å²) in [5.41, 5.74) is -0.776. The van der Waals surface area contributed by atoms with E-state index in [1.807, 2.05) is 0 Å². The van der Waals surface area contributed by atoms with E-state index >= 15 is 0 Å². The molecule has 0 heterocycles. The molecular formula is C7H14O3P. The molecule has 0 aromatic rings. The number of hydrogen-bond donors (Lipinski definition) is 0. The van der Waals surface area contributed by atoms with Crippen molar-refractivity contribution in [2.24, 2.45) is 5.41 Å². The Labute approximate surface area is 68.6 Å². The van der Waals surface area contributed by atoms with Gasteiger partial charge in [-0.05, 0) is 26.2 Å². The van der Waals surface area contributed by atoms with Crippen LogP contribution in [0.5, 0.6) is 0 Å². The number of rotatable bonds is 4. The maximum Gasteiger partial charge on any atom is 0.330 e. The van der Waals surface area contributed by atoms with Gasteiger partial charge in [0, 0.05) is 14.2 Å². The van der Waals surface area contributed by atoms with Crippen LogP contribution in [0.25, 0.3) is 0 Å². The highest BCUT2D eigenvalue weighted by Crippen LogP contribution is 2.50. The Morgan fingerprint density at radius 2 is 1.64 bits per heavy atom. The zero-order valence-electron chi connectivity index (χ0n) is 7.00. The molecule has 0 aromatic heterocycles. The SMILES string of the molecule is [CH2]C([CH2])([CH2])CP(=O)(OC)OC. The van der Waals surface area contributed by atoms with Gasteiger partial charge in [-0.2, -0.15) is 0 Å². The predicted octanol–water partition coefficient (Wildman–Crippen LogP) is 1.96. The maximum absolute atomic E-state index is 11.4. The Morgan fingerprint density at radius 1 is 1.27 bits per heavy atom. The lowest BCUT2D eigenvalue weighted by atomic mass is 10.0. The zero-order valence-corrected chi connectivity index (χ0v) is 7.89. The molecule has 0 spiro atoms. The first kappa shape index (κ1) is 11.2. The van der Waals surface area contributed by atoms with Crippen LogP contribution in [0.2, 0.25) is 0 Å². The summed E-state index contributed by atoms with van der Waals surface area (Å²) in [6, 6.07) is 0. The fourth-order valence-corrected chi connectivity index (χ4v) is 1.84. The molecule has 3 nitrogen and oxygen atoms in total. The second-order valence-corrected chi connectivity index (χ2v) is 4.90. The van der Waals surface area contributed by atoms with Crippen molar-refractivity contribution >= 4 is 7.60 Å². The Kier molecular flexibility index (Phi) is 3.75. The van der Waals surface area contributed by atoms with Crippen molar-refractivity contribution in [1.29, 1.82) is 0 Å². The van der Waals surface area contributed by atoms with Crippen LogP contribution in [0.15, 0.2) is 0 Å². The van der Waals surface area contributed by atoms with E-state index in [9.17, 15) is 4.57 Å². The molecule has 0 amide bonds. The Bertz CT molecular complexity index is 152. The van der Waals surface area contributed by atoms with Crippen molar-refractivity contribution < 1.29 is 13.6 Å². The van der Waals surface area contributed by atoms with E-state index in [-0.39, 0.29) is 6.16 Å². The third-order valence-corrected chi connectivity index (χ3v) is 3.26. The quantitative estimate of drug-likeness (QED) is 0.616. The fourth-order valence-electron chi connectivity index (χ4n) is 0.614. The molecule has 3 radical (unpaired) electrons. The Hall–Kier alpha value is 0.150. The smallest absolute Gasteiger partial charge is 0.312 e. The van der Waals surface area contributed by atoms with Gasteiger partial charge in [0.15, 0.2) is 0 Å². The molecule has 0 saturated carbocycles.